The first-order chi connectivity index (χ1) is 24.9. The summed E-state index contributed by atoms with van der Waals surface area (Å²) in [7, 11) is 0. The minimum Gasteiger partial charge on any atom is -0.353 e. The lowest BCUT2D eigenvalue weighted by atomic mass is 9.82. The normalized spacial score (nSPS) is 20.4. The van der Waals surface area contributed by atoms with Crippen LogP contribution in [0.4, 0.5) is 0 Å². The smallest absolute Gasteiger partial charge is 0.160 e. The molecule has 0 saturated heterocycles. The van der Waals surface area contributed by atoms with Crippen LogP contribution in [0.5, 0.6) is 0 Å². The molecule has 0 heterocycles. The van der Waals surface area contributed by atoms with Crippen LogP contribution >= 0.6 is 23.2 Å². The van der Waals surface area contributed by atoms with E-state index in [2.05, 4.69) is 96.9 Å². The molecule has 3 nitrogen and oxygen atoms in total. The van der Waals surface area contributed by atoms with Crippen LogP contribution in [0.2, 0.25) is 0 Å². The van der Waals surface area contributed by atoms with E-state index in [0.717, 1.165) is 124 Å². The number of ether oxygens (including phenoxy) is 3. The molecular formula is C48H96Cl2O3. The maximum Gasteiger partial charge on any atom is 0.160 e. The van der Waals surface area contributed by atoms with Crippen LogP contribution in [-0.2, 0) is 14.2 Å². The molecule has 14 unspecified atom stereocenters. The third kappa shape index (κ3) is 32.1. The third-order valence-electron chi connectivity index (χ3n) is 11.5. The fourth-order valence-electron chi connectivity index (χ4n) is 9.92. The molecule has 0 amide bonds. The van der Waals surface area contributed by atoms with E-state index in [9.17, 15) is 0 Å². The topological polar surface area (TPSA) is 27.7 Å². The van der Waals surface area contributed by atoms with Crippen molar-refractivity contribution in [2.24, 2.45) is 59.2 Å². The Kier molecular flexibility index (Phi) is 32.7. The molecule has 0 aliphatic carbocycles. The predicted molar refractivity (Wildman–Crippen MR) is 237 cm³/mol. The van der Waals surface area contributed by atoms with Crippen molar-refractivity contribution in [1.82, 2.24) is 0 Å². The van der Waals surface area contributed by atoms with E-state index >= 15 is 0 Å². The van der Waals surface area contributed by atoms with E-state index in [0.29, 0.717) is 0 Å². The van der Waals surface area contributed by atoms with Crippen molar-refractivity contribution in [2.75, 3.05) is 13.2 Å². The van der Waals surface area contributed by atoms with E-state index in [-0.39, 0.29) is 23.3 Å². The summed E-state index contributed by atoms with van der Waals surface area (Å²) in [5.41, 5.74) is 0. The maximum absolute atomic E-state index is 6.60. The number of halogens is 2. The number of hydrogen-bond donors (Lipinski definition) is 0. The molecule has 53 heavy (non-hydrogen) atoms. The molecule has 0 aromatic carbocycles. The average Bonchev–Trinajstić information content (AvgIpc) is 3.00. The van der Waals surface area contributed by atoms with Crippen molar-refractivity contribution < 1.29 is 14.2 Å². The number of hydrogen-bond acceptors (Lipinski definition) is 3. The van der Waals surface area contributed by atoms with Gasteiger partial charge in [0.25, 0.3) is 0 Å². The van der Waals surface area contributed by atoms with Gasteiger partial charge in [-0.2, -0.15) is 0 Å². The molecule has 0 fully saturated rings. The van der Waals surface area contributed by atoms with Gasteiger partial charge in [0.15, 0.2) is 12.6 Å². The van der Waals surface area contributed by atoms with Gasteiger partial charge in [-0.05, 0) is 176 Å². The summed E-state index contributed by atoms with van der Waals surface area (Å²) in [5, 5.41) is 0.573. The van der Waals surface area contributed by atoms with Crippen LogP contribution in [0.1, 0.15) is 213 Å². The highest BCUT2D eigenvalue weighted by atomic mass is 35.5. The second-order valence-corrected chi connectivity index (χ2v) is 21.1. The molecule has 0 N–H and O–H groups in total. The lowest BCUT2D eigenvalue weighted by Gasteiger charge is -2.27. The molecular weight excluding hydrogens is 695 g/mol. The van der Waals surface area contributed by atoms with Gasteiger partial charge in [-0.15, -0.1) is 23.2 Å². The van der Waals surface area contributed by atoms with Gasteiger partial charge in [-0.1, -0.05) is 95.9 Å². The Balaban J connectivity index is 4.72. The van der Waals surface area contributed by atoms with Crippen molar-refractivity contribution in [3.05, 3.63) is 0 Å². The van der Waals surface area contributed by atoms with Crippen LogP contribution in [-0.4, -0.2) is 36.5 Å². The second-order valence-electron chi connectivity index (χ2n) is 19.6. The first-order valence-electron chi connectivity index (χ1n) is 23.1. The van der Waals surface area contributed by atoms with Crippen LogP contribution in [0, 0.1) is 59.2 Å². The predicted octanol–water partition coefficient (Wildman–Crippen LogP) is 16.4. The summed E-state index contributed by atoms with van der Waals surface area (Å²) in [6, 6.07) is 0. The van der Waals surface area contributed by atoms with Crippen molar-refractivity contribution in [3.63, 3.8) is 0 Å². The van der Waals surface area contributed by atoms with E-state index < -0.39 is 0 Å². The zero-order valence-electron chi connectivity index (χ0n) is 38.2. The SMILES string of the molecule is CCCOC(CCCC(C)CC(C)CC(C)CC(C)CC(C)CC(C)Cl)OC(CCCC(C)CC(C)CC(C)CC(C)CC(C)CC(C)Cl)OCCC. The Bertz CT molecular complexity index is 744. The fourth-order valence-corrected chi connectivity index (χ4v) is 10.5. The van der Waals surface area contributed by atoms with Crippen LogP contribution in [0.25, 0.3) is 0 Å². The largest absolute Gasteiger partial charge is 0.353 e. The summed E-state index contributed by atoms with van der Waals surface area (Å²) in [6.07, 6.45) is 21.1. The highest BCUT2D eigenvalue weighted by molar-refractivity contribution is 6.20. The first kappa shape index (κ1) is 53.5. The van der Waals surface area contributed by atoms with Crippen molar-refractivity contribution in [1.29, 1.82) is 0 Å². The summed E-state index contributed by atoms with van der Waals surface area (Å²) in [4.78, 5) is 0. The van der Waals surface area contributed by atoms with E-state index in [1.54, 1.807) is 0 Å². The van der Waals surface area contributed by atoms with Gasteiger partial charge in [-0.3, -0.25) is 0 Å². The average molecular weight is 792 g/mol. The minimum atomic E-state index is -0.172. The van der Waals surface area contributed by atoms with Gasteiger partial charge < -0.3 is 14.2 Å². The molecule has 0 bridgehead atoms. The number of rotatable bonds is 36. The van der Waals surface area contributed by atoms with Gasteiger partial charge in [0, 0.05) is 24.0 Å². The molecule has 0 saturated carbocycles. The van der Waals surface area contributed by atoms with Crippen LogP contribution < -0.4 is 0 Å². The van der Waals surface area contributed by atoms with E-state index in [4.69, 9.17) is 37.4 Å². The zero-order valence-corrected chi connectivity index (χ0v) is 39.7. The zero-order chi connectivity index (χ0) is 40.3. The molecule has 14 atom stereocenters. The standard InChI is InChI=1S/C48H96Cl2O3/c1-15-23-51-47(21-17-19-35(3)25-37(5)27-39(7)29-41(9)31-43(11)33-45(13)49)53-48(52-24-16-2)22-18-20-36(4)26-38(6)28-40(8)30-42(10)32-44(12)34-46(14)50/h35-48H,15-34H2,1-14H3. The minimum absolute atomic E-state index is 0.172. The van der Waals surface area contributed by atoms with Crippen LogP contribution in [0.3, 0.4) is 0 Å². The molecule has 0 rings (SSSR count). The Hall–Kier alpha value is 0.460. The van der Waals surface area contributed by atoms with Gasteiger partial charge in [0.05, 0.1) is 0 Å². The Morgan fingerprint density at radius 3 is 0.830 bits per heavy atom. The highest BCUT2D eigenvalue weighted by Crippen LogP contribution is 2.31. The molecule has 0 aromatic heterocycles. The highest BCUT2D eigenvalue weighted by Gasteiger charge is 2.22. The second kappa shape index (κ2) is 32.4. The van der Waals surface area contributed by atoms with Crippen molar-refractivity contribution in [2.45, 2.75) is 236 Å². The molecule has 0 radical (unpaired) electrons. The molecule has 0 aromatic rings. The van der Waals surface area contributed by atoms with Crippen molar-refractivity contribution in [3.8, 4) is 0 Å². The fraction of sp³-hybridized carbons (Fsp3) is 1.00. The lowest BCUT2D eigenvalue weighted by molar-refractivity contribution is -0.250. The van der Waals surface area contributed by atoms with Gasteiger partial charge in [0.2, 0.25) is 0 Å². The molecule has 0 aliphatic rings. The monoisotopic (exact) mass is 791 g/mol. The summed E-state index contributed by atoms with van der Waals surface area (Å²) in [6.45, 7) is 34.5. The Morgan fingerprint density at radius 2 is 0.585 bits per heavy atom. The van der Waals surface area contributed by atoms with E-state index in [1.807, 2.05) is 0 Å². The first-order valence-corrected chi connectivity index (χ1v) is 24.0. The summed E-state index contributed by atoms with van der Waals surface area (Å²) in [5.74, 6) is 7.55. The Labute approximate surface area is 344 Å². The van der Waals surface area contributed by atoms with E-state index in [1.165, 1.54) is 64.2 Å². The molecule has 0 spiro atoms. The summed E-state index contributed by atoms with van der Waals surface area (Å²) < 4.78 is 19.1. The number of alkyl halides is 2. The van der Waals surface area contributed by atoms with Gasteiger partial charge >= 0.3 is 0 Å². The Morgan fingerprint density at radius 1 is 0.340 bits per heavy atom. The maximum atomic E-state index is 6.60. The van der Waals surface area contributed by atoms with Crippen LogP contribution in [0.15, 0.2) is 0 Å². The molecule has 0 aliphatic heterocycles. The lowest BCUT2D eigenvalue weighted by Crippen LogP contribution is -2.28. The molecule has 5 heteroatoms. The quantitative estimate of drug-likeness (QED) is 0.0467. The third-order valence-corrected chi connectivity index (χ3v) is 11.8. The van der Waals surface area contributed by atoms with Crippen molar-refractivity contribution >= 4 is 23.2 Å². The van der Waals surface area contributed by atoms with Gasteiger partial charge in [-0.25, -0.2) is 0 Å². The molecule has 320 valence electrons. The van der Waals surface area contributed by atoms with Gasteiger partial charge in [0.1, 0.15) is 0 Å². The summed E-state index contributed by atoms with van der Waals surface area (Å²) >= 11 is 12.5.